The maximum Gasteiger partial charge on any atom is 0.254 e. The minimum Gasteiger partial charge on any atom is -0.384 e. The van der Waals surface area contributed by atoms with Crippen LogP contribution in [-0.2, 0) is 11.2 Å². The average Bonchev–Trinajstić information content (AvgIpc) is 2.86. The normalized spacial score (nSPS) is 18.7. The highest BCUT2D eigenvalue weighted by Gasteiger charge is 2.20. The van der Waals surface area contributed by atoms with Crippen molar-refractivity contribution < 1.29 is 9.53 Å². The third-order valence-electron chi connectivity index (χ3n) is 3.36. The summed E-state index contributed by atoms with van der Waals surface area (Å²) in [6.07, 6.45) is 1.01. The fourth-order valence-electron chi connectivity index (χ4n) is 2.39. The number of hydrogen-bond donors (Lipinski definition) is 1. The van der Waals surface area contributed by atoms with Crippen molar-refractivity contribution in [2.75, 3.05) is 38.2 Å². The van der Waals surface area contributed by atoms with Crippen LogP contribution in [0.2, 0.25) is 0 Å². The van der Waals surface area contributed by atoms with E-state index in [0.29, 0.717) is 26.3 Å². The Kier molecular flexibility index (Phi) is 2.73. The van der Waals surface area contributed by atoms with Crippen LogP contribution >= 0.6 is 0 Å². The molecule has 2 aliphatic rings. The topological polar surface area (TPSA) is 41.6 Å². The molecule has 1 N–H and O–H groups in total. The number of amides is 1. The van der Waals surface area contributed by atoms with Crippen LogP contribution in [0.25, 0.3) is 0 Å². The Hall–Kier alpha value is -1.55. The van der Waals surface area contributed by atoms with Crippen LogP contribution < -0.4 is 5.32 Å². The second-order valence-electron chi connectivity index (χ2n) is 4.45. The first-order valence-electron chi connectivity index (χ1n) is 6.08. The first-order valence-corrected chi connectivity index (χ1v) is 6.08. The van der Waals surface area contributed by atoms with Crippen molar-refractivity contribution in [3.05, 3.63) is 29.3 Å². The summed E-state index contributed by atoms with van der Waals surface area (Å²) in [6.45, 7) is 3.68. The first-order chi connectivity index (χ1) is 8.34. The molecule has 4 nitrogen and oxygen atoms in total. The number of nitrogens with one attached hydrogen (secondary N) is 1. The molecule has 1 aromatic carbocycles. The SMILES string of the molecule is O=C(c1ccc2c(c1)CCN2)N1CCOCC1. The lowest BCUT2D eigenvalue weighted by Gasteiger charge is -2.27. The Bertz CT molecular complexity index is 439. The Morgan fingerprint density at radius 2 is 2.12 bits per heavy atom. The zero-order valence-corrected chi connectivity index (χ0v) is 9.74. The number of rotatable bonds is 1. The number of benzene rings is 1. The summed E-state index contributed by atoms with van der Waals surface area (Å²) in [5.41, 5.74) is 3.22. The second-order valence-corrected chi connectivity index (χ2v) is 4.45. The predicted molar refractivity (Wildman–Crippen MR) is 65.4 cm³/mol. The van der Waals surface area contributed by atoms with E-state index < -0.39 is 0 Å². The number of hydrogen-bond acceptors (Lipinski definition) is 3. The van der Waals surface area contributed by atoms with Gasteiger partial charge in [0.15, 0.2) is 0 Å². The number of carbonyl (C=O) groups excluding carboxylic acids is 1. The Morgan fingerprint density at radius 1 is 1.29 bits per heavy atom. The fraction of sp³-hybridized carbons (Fsp3) is 0.462. The van der Waals surface area contributed by atoms with Crippen molar-refractivity contribution >= 4 is 11.6 Å². The van der Waals surface area contributed by atoms with Gasteiger partial charge in [-0.1, -0.05) is 0 Å². The van der Waals surface area contributed by atoms with Crippen LogP contribution in [-0.4, -0.2) is 43.7 Å². The molecule has 4 heteroatoms. The number of morpholine rings is 1. The lowest BCUT2D eigenvalue weighted by atomic mass is 10.1. The van der Waals surface area contributed by atoms with Gasteiger partial charge in [0.05, 0.1) is 13.2 Å². The van der Waals surface area contributed by atoms with Crippen molar-refractivity contribution in [2.24, 2.45) is 0 Å². The minimum atomic E-state index is 0.128. The smallest absolute Gasteiger partial charge is 0.254 e. The maximum absolute atomic E-state index is 12.2. The van der Waals surface area contributed by atoms with E-state index in [4.69, 9.17) is 4.74 Å². The van der Waals surface area contributed by atoms with Gasteiger partial charge in [0.1, 0.15) is 0 Å². The molecule has 0 atom stereocenters. The molecule has 90 valence electrons. The lowest BCUT2D eigenvalue weighted by molar-refractivity contribution is 0.0303. The molecule has 1 amide bonds. The van der Waals surface area contributed by atoms with E-state index in [9.17, 15) is 4.79 Å². The van der Waals surface area contributed by atoms with E-state index >= 15 is 0 Å². The molecule has 0 radical (unpaired) electrons. The van der Waals surface area contributed by atoms with Gasteiger partial charge in [-0.2, -0.15) is 0 Å². The van der Waals surface area contributed by atoms with Crippen LogP contribution in [0.3, 0.4) is 0 Å². The summed E-state index contributed by atoms with van der Waals surface area (Å²) >= 11 is 0. The van der Waals surface area contributed by atoms with Crippen LogP contribution in [0.5, 0.6) is 0 Å². The molecule has 1 saturated heterocycles. The van der Waals surface area contributed by atoms with Gasteiger partial charge in [0, 0.05) is 30.9 Å². The highest BCUT2D eigenvalue weighted by Crippen LogP contribution is 2.23. The van der Waals surface area contributed by atoms with Gasteiger partial charge < -0.3 is 15.0 Å². The average molecular weight is 232 g/mol. The highest BCUT2D eigenvalue weighted by molar-refractivity contribution is 5.95. The van der Waals surface area contributed by atoms with Gasteiger partial charge in [0.25, 0.3) is 5.91 Å². The highest BCUT2D eigenvalue weighted by atomic mass is 16.5. The van der Waals surface area contributed by atoms with E-state index in [2.05, 4.69) is 5.32 Å². The van der Waals surface area contributed by atoms with E-state index in [-0.39, 0.29) is 5.91 Å². The largest absolute Gasteiger partial charge is 0.384 e. The van der Waals surface area contributed by atoms with Crippen LogP contribution in [0, 0.1) is 0 Å². The van der Waals surface area contributed by atoms with Gasteiger partial charge in [-0.25, -0.2) is 0 Å². The Labute approximate surface area is 101 Å². The minimum absolute atomic E-state index is 0.128. The molecule has 2 heterocycles. The Balaban J connectivity index is 1.81. The summed E-state index contributed by atoms with van der Waals surface area (Å²) in [5, 5.41) is 3.30. The van der Waals surface area contributed by atoms with Crippen LogP contribution in [0.4, 0.5) is 5.69 Å². The maximum atomic E-state index is 12.2. The Morgan fingerprint density at radius 3 is 2.94 bits per heavy atom. The summed E-state index contributed by atoms with van der Waals surface area (Å²) in [4.78, 5) is 14.1. The molecule has 2 aliphatic heterocycles. The van der Waals surface area contributed by atoms with Crippen molar-refractivity contribution in [3.8, 4) is 0 Å². The molecule has 1 aromatic rings. The third-order valence-corrected chi connectivity index (χ3v) is 3.36. The van der Waals surface area contributed by atoms with Crippen LogP contribution in [0.1, 0.15) is 15.9 Å². The molecule has 0 unspecified atom stereocenters. The summed E-state index contributed by atoms with van der Waals surface area (Å²) in [6, 6.07) is 5.94. The van der Waals surface area contributed by atoms with E-state index in [1.807, 2.05) is 23.1 Å². The molecule has 0 saturated carbocycles. The molecule has 0 spiro atoms. The van der Waals surface area contributed by atoms with Crippen molar-refractivity contribution in [1.29, 1.82) is 0 Å². The van der Waals surface area contributed by atoms with Gasteiger partial charge in [0.2, 0.25) is 0 Å². The molecular formula is C13H16N2O2. The molecule has 17 heavy (non-hydrogen) atoms. The zero-order chi connectivity index (χ0) is 11.7. The number of carbonyl (C=O) groups is 1. The number of ether oxygens (including phenoxy) is 1. The number of fused-ring (bicyclic) bond motifs is 1. The summed E-state index contributed by atoms with van der Waals surface area (Å²) < 4.78 is 5.26. The summed E-state index contributed by atoms with van der Waals surface area (Å²) in [7, 11) is 0. The van der Waals surface area contributed by atoms with Gasteiger partial charge in [-0.15, -0.1) is 0 Å². The second kappa shape index (κ2) is 4.37. The molecule has 0 bridgehead atoms. The van der Waals surface area contributed by atoms with Crippen LogP contribution in [0.15, 0.2) is 18.2 Å². The van der Waals surface area contributed by atoms with Gasteiger partial charge in [-0.3, -0.25) is 4.79 Å². The van der Waals surface area contributed by atoms with E-state index in [1.54, 1.807) is 0 Å². The summed E-state index contributed by atoms with van der Waals surface area (Å²) in [5.74, 6) is 0.128. The standard InChI is InChI=1S/C13H16N2O2/c16-13(15-5-7-17-8-6-15)11-1-2-12-10(9-11)3-4-14-12/h1-2,9,14H,3-8H2. The molecule has 3 rings (SSSR count). The zero-order valence-electron chi connectivity index (χ0n) is 9.74. The van der Waals surface area contributed by atoms with Crippen molar-refractivity contribution in [1.82, 2.24) is 4.90 Å². The third kappa shape index (κ3) is 2.00. The predicted octanol–water partition coefficient (Wildman–Crippen LogP) is 1.13. The first kappa shape index (κ1) is 10.6. The number of anilines is 1. The van der Waals surface area contributed by atoms with Crippen molar-refractivity contribution in [2.45, 2.75) is 6.42 Å². The monoisotopic (exact) mass is 232 g/mol. The van der Waals surface area contributed by atoms with E-state index in [0.717, 1.165) is 18.5 Å². The van der Waals surface area contributed by atoms with Gasteiger partial charge >= 0.3 is 0 Å². The molecular weight excluding hydrogens is 216 g/mol. The lowest BCUT2D eigenvalue weighted by Crippen LogP contribution is -2.40. The van der Waals surface area contributed by atoms with Crippen molar-refractivity contribution in [3.63, 3.8) is 0 Å². The molecule has 0 aliphatic carbocycles. The fourth-order valence-corrected chi connectivity index (χ4v) is 2.39. The number of nitrogens with zero attached hydrogens (tertiary/aromatic N) is 1. The van der Waals surface area contributed by atoms with Gasteiger partial charge in [-0.05, 0) is 30.2 Å². The molecule has 1 fully saturated rings. The molecule has 0 aromatic heterocycles. The van der Waals surface area contributed by atoms with E-state index in [1.165, 1.54) is 11.3 Å². The quantitative estimate of drug-likeness (QED) is 0.789.